The van der Waals surface area contributed by atoms with E-state index in [2.05, 4.69) is 10.8 Å². The molecule has 0 atom stereocenters. The normalized spacial score (nSPS) is 7.45. The Hall–Kier alpha value is 0.00623. The van der Waals surface area contributed by atoms with Gasteiger partial charge >= 0.3 is 23.1 Å². The molecule has 0 aliphatic carbocycles. The Kier molecular flexibility index (Phi) is 8.28. The van der Waals surface area contributed by atoms with E-state index in [4.69, 9.17) is 0 Å². The molecule has 11 heavy (non-hydrogen) atoms. The summed E-state index contributed by atoms with van der Waals surface area (Å²) >= 11 is 0. The van der Waals surface area contributed by atoms with Crippen molar-refractivity contribution in [1.29, 1.82) is 0 Å². The van der Waals surface area contributed by atoms with Gasteiger partial charge in [0.25, 0.3) is 0 Å². The summed E-state index contributed by atoms with van der Waals surface area (Å²) < 4.78 is 17.1. The van der Waals surface area contributed by atoms with Crippen molar-refractivity contribution in [2.75, 3.05) is 7.11 Å². The molecule has 0 amide bonds. The second kappa shape index (κ2) is 6.70. The number of halogens is 2. The average molecular weight is 185 g/mol. The topological polar surface area (TPSA) is 9.23 Å². The number of hydrogen-bond donors (Lipinski definition) is 0. The summed E-state index contributed by atoms with van der Waals surface area (Å²) in [6, 6.07) is 6.94. The molecule has 0 unspecified atom stereocenters. The van der Waals surface area contributed by atoms with E-state index >= 15 is 0 Å². The molecule has 1 nitrogen and oxygen atoms in total. The minimum Gasteiger partial charge on any atom is -1.00 e. The monoisotopic (exact) mass is 184 g/mol. The van der Waals surface area contributed by atoms with Gasteiger partial charge < -0.3 is 17.1 Å². The number of methoxy groups -OCH3 is 1. The molecule has 1 aromatic carbocycles. The average Bonchev–Trinajstić information content (AvgIpc) is 1.89. The van der Waals surface area contributed by atoms with Crippen LogP contribution in [0.5, 0.6) is 5.75 Å². The Morgan fingerprint density at radius 2 is 2.18 bits per heavy atom. The maximum Gasteiger partial charge on any atom is 2.00 e. The third-order valence-corrected chi connectivity index (χ3v) is 0.996. The Morgan fingerprint density at radius 3 is 2.55 bits per heavy atom. The van der Waals surface area contributed by atoms with E-state index in [-0.39, 0.29) is 47.0 Å². The smallest absolute Gasteiger partial charge is 1.00 e. The van der Waals surface area contributed by atoms with Gasteiger partial charge in [-0.05, 0) is 0 Å². The first kappa shape index (κ1) is 13.6. The van der Waals surface area contributed by atoms with Crippen molar-refractivity contribution in [1.82, 2.24) is 0 Å². The number of rotatable bonds is 1. The molecule has 0 aliphatic heterocycles. The van der Waals surface area contributed by atoms with Gasteiger partial charge in [-0.1, -0.05) is 0 Å². The molecular weight excluding hydrogens is 179 g/mol. The minimum absolute atomic E-state index is 0. The second-order valence-corrected chi connectivity index (χ2v) is 1.56. The Morgan fingerprint density at radius 1 is 1.55 bits per heavy atom. The van der Waals surface area contributed by atoms with E-state index in [1.165, 1.54) is 19.2 Å². The van der Waals surface area contributed by atoms with Crippen molar-refractivity contribution >= 4 is 23.1 Å². The first-order valence-electron chi connectivity index (χ1n) is 2.54. The fourth-order valence-corrected chi connectivity index (χ4v) is 0.561. The van der Waals surface area contributed by atoms with Crippen molar-refractivity contribution in [3.8, 4) is 5.75 Å². The van der Waals surface area contributed by atoms with Crippen molar-refractivity contribution in [3.63, 3.8) is 0 Å². The van der Waals surface area contributed by atoms with E-state index in [1.54, 1.807) is 6.07 Å². The maximum atomic E-state index is 12.4. The molecule has 0 aliphatic rings. The predicted molar refractivity (Wildman–Crippen MR) is 37.5 cm³/mol. The first-order valence-corrected chi connectivity index (χ1v) is 2.54. The Balaban J connectivity index is 0. The molecule has 56 valence electrons. The van der Waals surface area contributed by atoms with Gasteiger partial charge in [-0.3, -0.25) is 4.39 Å². The molecule has 0 saturated carbocycles. The summed E-state index contributed by atoms with van der Waals surface area (Å²) in [6.45, 7) is 0. The molecular formula is C7H6ClFMgO. The quantitative estimate of drug-likeness (QED) is 0.372. The standard InChI is InChI=1S/C7H6FO.ClH.Mg/c1-9-7-5-3-2-4-6(7)8;;/h3-5H,1H3;1H;/q-1;;+2/p-1. The number of ether oxygens (including phenoxy) is 1. The SMILES string of the molecule is COc1cc[c-]cc1F.[Cl-].[Mg+2]. The third-order valence-electron chi connectivity index (χ3n) is 0.996. The van der Waals surface area contributed by atoms with Crippen LogP contribution in [0.4, 0.5) is 4.39 Å². The Bertz CT molecular complexity index is 207. The van der Waals surface area contributed by atoms with E-state index < -0.39 is 0 Å². The summed E-state index contributed by atoms with van der Waals surface area (Å²) in [5.41, 5.74) is 0. The fraction of sp³-hybridized carbons (Fsp3) is 0.143. The summed E-state index contributed by atoms with van der Waals surface area (Å²) in [5.74, 6) is -0.117. The molecule has 0 fully saturated rings. The summed E-state index contributed by atoms with van der Waals surface area (Å²) in [5, 5.41) is 0. The largest absolute Gasteiger partial charge is 2.00 e. The van der Waals surface area contributed by atoms with Crippen LogP contribution in [-0.4, -0.2) is 30.2 Å². The third kappa shape index (κ3) is 3.79. The van der Waals surface area contributed by atoms with E-state index in [1.807, 2.05) is 0 Å². The van der Waals surface area contributed by atoms with Gasteiger partial charge in [-0.15, -0.1) is 12.1 Å². The molecule has 0 radical (unpaired) electrons. The zero-order chi connectivity index (χ0) is 6.69. The molecule has 4 heteroatoms. The maximum absolute atomic E-state index is 12.4. The molecule has 0 bridgehead atoms. The van der Waals surface area contributed by atoms with Crippen LogP contribution in [0.25, 0.3) is 0 Å². The molecule has 0 aromatic heterocycles. The predicted octanol–water partition coefficient (Wildman–Crippen LogP) is -1.74. The summed E-state index contributed by atoms with van der Waals surface area (Å²) in [6.07, 6.45) is 0. The minimum atomic E-state index is -0.375. The van der Waals surface area contributed by atoms with Gasteiger partial charge in [-0.25, -0.2) is 0 Å². The van der Waals surface area contributed by atoms with Crippen LogP contribution in [0.15, 0.2) is 18.2 Å². The van der Waals surface area contributed by atoms with Crippen LogP contribution in [0.3, 0.4) is 0 Å². The van der Waals surface area contributed by atoms with Crippen LogP contribution in [0.2, 0.25) is 0 Å². The van der Waals surface area contributed by atoms with E-state index in [0.29, 0.717) is 0 Å². The van der Waals surface area contributed by atoms with Gasteiger partial charge in [-0.2, -0.15) is 12.1 Å². The molecule has 0 saturated heterocycles. The molecule has 0 heterocycles. The fourth-order valence-electron chi connectivity index (χ4n) is 0.561. The van der Waals surface area contributed by atoms with Gasteiger partial charge in [0.1, 0.15) is 0 Å². The zero-order valence-corrected chi connectivity index (χ0v) is 8.27. The summed E-state index contributed by atoms with van der Waals surface area (Å²) in [7, 11) is 1.43. The zero-order valence-electron chi connectivity index (χ0n) is 6.10. The number of benzene rings is 1. The summed E-state index contributed by atoms with van der Waals surface area (Å²) in [4.78, 5) is 0. The van der Waals surface area contributed by atoms with Crippen molar-refractivity contribution in [2.24, 2.45) is 0 Å². The molecule has 1 rings (SSSR count). The van der Waals surface area contributed by atoms with Crippen LogP contribution in [0, 0.1) is 11.9 Å². The molecule has 1 aromatic rings. The molecule has 0 N–H and O–H groups in total. The van der Waals surface area contributed by atoms with Gasteiger partial charge in [0.05, 0.1) is 7.11 Å². The van der Waals surface area contributed by atoms with Crippen molar-refractivity contribution < 1.29 is 21.5 Å². The van der Waals surface area contributed by atoms with E-state index in [0.717, 1.165) is 0 Å². The Labute approximate surface area is 87.5 Å². The first-order chi connectivity index (χ1) is 4.34. The van der Waals surface area contributed by atoms with Crippen LogP contribution < -0.4 is 17.1 Å². The van der Waals surface area contributed by atoms with Crippen molar-refractivity contribution in [3.05, 3.63) is 30.1 Å². The van der Waals surface area contributed by atoms with Crippen LogP contribution in [-0.2, 0) is 0 Å². The van der Waals surface area contributed by atoms with Crippen molar-refractivity contribution in [2.45, 2.75) is 0 Å². The van der Waals surface area contributed by atoms with Crippen LogP contribution in [0.1, 0.15) is 0 Å². The molecule has 0 spiro atoms. The van der Waals surface area contributed by atoms with Gasteiger partial charge in [0.15, 0.2) is 0 Å². The van der Waals surface area contributed by atoms with Crippen LogP contribution >= 0.6 is 0 Å². The van der Waals surface area contributed by atoms with Gasteiger partial charge in [0, 0.05) is 11.6 Å². The second-order valence-electron chi connectivity index (χ2n) is 1.56. The number of hydrogen-bond acceptors (Lipinski definition) is 1. The van der Waals surface area contributed by atoms with Gasteiger partial charge in [0.2, 0.25) is 0 Å². The van der Waals surface area contributed by atoms with E-state index in [9.17, 15) is 4.39 Å².